The molecule has 3 N–H and O–H groups in total. The van der Waals surface area contributed by atoms with E-state index in [2.05, 4.69) is 21.2 Å². The maximum atomic E-state index is 11.9. The molecule has 5 nitrogen and oxygen atoms in total. The third kappa shape index (κ3) is 4.08. The van der Waals surface area contributed by atoms with Crippen LogP contribution in [0.2, 0.25) is 0 Å². The zero-order chi connectivity index (χ0) is 16.1. The molecule has 0 fully saturated rings. The van der Waals surface area contributed by atoms with Gasteiger partial charge in [-0.25, -0.2) is 0 Å². The van der Waals surface area contributed by atoms with Gasteiger partial charge in [-0.15, -0.1) is 0 Å². The average Bonchev–Trinajstić information content (AvgIpc) is 2.49. The standard InChI is InChI=1S/C16H15BrN2O3/c1-10-8-11(6-7-13(10)17)19-15(20)9-22-14-5-3-2-4-12(14)16(18)21/h2-8H,9H2,1H3,(H2,18,21)(H,19,20). The smallest absolute Gasteiger partial charge is 0.262 e. The zero-order valence-electron chi connectivity index (χ0n) is 11.9. The molecule has 2 rings (SSSR count). The number of para-hydroxylation sites is 1. The van der Waals surface area contributed by atoms with Crippen LogP contribution in [0.3, 0.4) is 0 Å². The maximum absolute atomic E-state index is 11.9. The second-order valence-electron chi connectivity index (χ2n) is 4.66. The Kier molecular flexibility index (Phi) is 5.16. The van der Waals surface area contributed by atoms with E-state index in [4.69, 9.17) is 10.5 Å². The van der Waals surface area contributed by atoms with Gasteiger partial charge in [0.2, 0.25) is 0 Å². The molecule has 0 heterocycles. The van der Waals surface area contributed by atoms with E-state index >= 15 is 0 Å². The molecule has 0 unspecified atom stereocenters. The topological polar surface area (TPSA) is 81.4 Å². The van der Waals surface area contributed by atoms with Gasteiger partial charge in [-0.05, 0) is 42.8 Å². The minimum Gasteiger partial charge on any atom is -0.483 e. The molecule has 6 heteroatoms. The number of hydrogen-bond donors (Lipinski definition) is 2. The van der Waals surface area contributed by atoms with Crippen molar-refractivity contribution in [2.45, 2.75) is 6.92 Å². The van der Waals surface area contributed by atoms with Crippen molar-refractivity contribution >= 4 is 33.4 Å². The van der Waals surface area contributed by atoms with Crippen LogP contribution in [0.1, 0.15) is 15.9 Å². The van der Waals surface area contributed by atoms with Gasteiger partial charge in [0.15, 0.2) is 6.61 Å². The Hall–Kier alpha value is -2.34. The summed E-state index contributed by atoms with van der Waals surface area (Å²) in [5.74, 6) is -0.627. The maximum Gasteiger partial charge on any atom is 0.262 e. The Labute approximate surface area is 136 Å². The van der Waals surface area contributed by atoms with Crippen LogP contribution in [0.5, 0.6) is 5.75 Å². The third-order valence-electron chi connectivity index (χ3n) is 2.95. The number of anilines is 1. The predicted molar refractivity (Wildman–Crippen MR) is 88.0 cm³/mol. The molecular formula is C16H15BrN2O3. The minimum atomic E-state index is -0.598. The Bertz CT molecular complexity index is 716. The van der Waals surface area contributed by atoms with Gasteiger partial charge in [0.05, 0.1) is 5.56 Å². The molecule has 0 aliphatic carbocycles. The highest BCUT2D eigenvalue weighted by Crippen LogP contribution is 2.20. The normalized spacial score (nSPS) is 10.1. The van der Waals surface area contributed by atoms with Crippen molar-refractivity contribution in [3.05, 3.63) is 58.1 Å². The number of aryl methyl sites for hydroxylation is 1. The molecule has 0 bridgehead atoms. The summed E-state index contributed by atoms with van der Waals surface area (Å²) in [5.41, 5.74) is 7.19. The summed E-state index contributed by atoms with van der Waals surface area (Å²) < 4.78 is 6.33. The first-order valence-corrected chi connectivity index (χ1v) is 7.34. The molecule has 2 aromatic carbocycles. The van der Waals surface area contributed by atoms with Crippen LogP contribution in [0.15, 0.2) is 46.9 Å². The van der Waals surface area contributed by atoms with E-state index in [9.17, 15) is 9.59 Å². The third-order valence-corrected chi connectivity index (χ3v) is 3.84. The number of carbonyl (C=O) groups is 2. The largest absolute Gasteiger partial charge is 0.483 e. The van der Waals surface area contributed by atoms with Crippen LogP contribution in [-0.2, 0) is 4.79 Å². The lowest BCUT2D eigenvalue weighted by molar-refractivity contribution is -0.118. The second-order valence-corrected chi connectivity index (χ2v) is 5.52. The number of ether oxygens (including phenoxy) is 1. The van der Waals surface area contributed by atoms with Gasteiger partial charge in [0.25, 0.3) is 11.8 Å². The lowest BCUT2D eigenvalue weighted by Gasteiger charge is -2.10. The Morgan fingerprint density at radius 3 is 2.64 bits per heavy atom. The SMILES string of the molecule is Cc1cc(NC(=O)COc2ccccc2C(N)=O)ccc1Br. The van der Waals surface area contributed by atoms with Crippen LogP contribution in [-0.4, -0.2) is 18.4 Å². The van der Waals surface area contributed by atoms with Crippen molar-refractivity contribution in [1.29, 1.82) is 0 Å². The number of amides is 2. The first-order valence-electron chi connectivity index (χ1n) is 6.55. The lowest BCUT2D eigenvalue weighted by Crippen LogP contribution is -2.21. The Balaban J connectivity index is 1.98. The monoisotopic (exact) mass is 362 g/mol. The van der Waals surface area contributed by atoms with Crippen molar-refractivity contribution in [3.63, 3.8) is 0 Å². The summed E-state index contributed by atoms with van der Waals surface area (Å²) in [7, 11) is 0. The number of primary amides is 1. The predicted octanol–water partition coefficient (Wildman–Crippen LogP) is 2.87. The number of nitrogens with one attached hydrogen (secondary N) is 1. The van der Waals surface area contributed by atoms with E-state index in [1.807, 2.05) is 19.1 Å². The van der Waals surface area contributed by atoms with Crippen molar-refractivity contribution in [1.82, 2.24) is 0 Å². The Morgan fingerprint density at radius 2 is 1.95 bits per heavy atom. The molecule has 0 atom stereocenters. The van der Waals surface area contributed by atoms with Gasteiger partial charge < -0.3 is 15.8 Å². The van der Waals surface area contributed by atoms with E-state index in [-0.39, 0.29) is 23.8 Å². The lowest BCUT2D eigenvalue weighted by atomic mass is 10.2. The fourth-order valence-electron chi connectivity index (χ4n) is 1.86. The van der Waals surface area contributed by atoms with Crippen molar-refractivity contribution in [2.24, 2.45) is 5.73 Å². The van der Waals surface area contributed by atoms with E-state index in [0.717, 1.165) is 10.0 Å². The molecule has 22 heavy (non-hydrogen) atoms. The van der Waals surface area contributed by atoms with Crippen LogP contribution in [0.4, 0.5) is 5.69 Å². The number of rotatable bonds is 5. The summed E-state index contributed by atoms with van der Waals surface area (Å²) in [6, 6.07) is 12.0. The van der Waals surface area contributed by atoms with E-state index in [1.165, 1.54) is 0 Å². The van der Waals surface area contributed by atoms with Gasteiger partial charge in [-0.2, -0.15) is 0 Å². The number of halogens is 1. The summed E-state index contributed by atoms with van der Waals surface area (Å²) in [4.78, 5) is 23.2. The number of carbonyl (C=O) groups excluding carboxylic acids is 2. The van der Waals surface area contributed by atoms with Gasteiger partial charge in [-0.3, -0.25) is 9.59 Å². The minimum absolute atomic E-state index is 0.209. The van der Waals surface area contributed by atoms with E-state index in [0.29, 0.717) is 5.69 Å². The van der Waals surface area contributed by atoms with Gasteiger partial charge in [0.1, 0.15) is 5.75 Å². The van der Waals surface area contributed by atoms with Crippen molar-refractivity contribution < 1.29 is 14.3 Å². The summed E-state index contributed by atoms with van der Waals surface area (Å²) in [6.45, 7) is 1.72. The molecule has 0 aliphatic rings. The van der Waals surface area contributed by atoms with Gasteiger partial charge in [0, 0.05) is 10.2 Å². The van der Waals surface area contributed by atoms with Crippen LogP contribution in [0.25, 0.3) is 0 Å². The summed E-state index contributed by atoms with van der Waals surface area (Å²) in [6.07, 6.45) is 0. The van der Waals surface area contributed by atoms with E-state index < -0.39 is 5.91 Å². The Morgan fingerprint density at radius 1 is 1.23 bits per heavy atom. The summed E-state index contributed by atoms with van der Waals surface area (Å²) in [5, 5.41) is 2.73. The fraction of sp³-hybridized carbons (Fsp3) is 0.125. The van der Waals surface area contributed by atoms with Crippen molar-refractivity contribution in [3.8, 4) is 5.75 Å². The van der Waals surface area contributed by atoms with Gasteiger partial charge >= 0.3 is 0 Å². The second kappa shape index (κ2) is 7.09. The molecule has 0 spiro atoms. The van der Waals surface area contributed by atoms with Crippen molar-refractivity contribution in [2.75, 3.05) is 11.9 Å². The van der Waals surface area contributed by atoms with E-state index in [1.54, 1.807) is 30.3 Å². The number of nitrogens with two attached hydrogens (primary N) is 1. The zero-order valence-corrected chi connectivity index (χ0v) is 13.5. The first-order chi connectivity index (χ1) is 10.5. The molecule has 0 radical (unpaired) electrons. The molecule has 0 saturated carbocycles. The molecule has 114 valence electrons. The average molecular weight is 363 g/mol. The number of benzene rings is 2. The quantitative estimate of drug-likeness (QED) is 0.857. The highest BCUT2D eigenvalue weighted by molar-refractivity contribution is 9.10. The highest BCUT2D eigenvalue weighted by atomic mass is 79.9. The first kappa shape index (κ1) is 16.0. The van der Waals surface area contributed by atoms with Crippen LogP contribution >= 0.6 is 15.9 Å². The van der Waals surface area contributed by atoms with Gasteiger partial charge in [-0.1, -0.05) is 28.1 Å². The van der Waals surface area contributed by atoms with Crippen LogP contribution in [0, 0.1) is 6.92 Å². The summed E-state index contributed by atoms with van der Waals surface area (Å²) >= 11 is 3.40. The fourth-order valence-corrected chi connectivity index (χ4v) is 2.11. The molecular weight excluding hydrogens is 348 g/mol. The molecule has 0 aromatic heterocycles. The molecule has 2 amide bonds. The highest BCUT2D eigenvalue weighted by Gasteiger charge is 2.10. The van der Waals surface area contributed by atoms with Crippen LogP contribution < -0.4 is 15.8 Å². The number of hydrogen-bond acceptors (Lipinski definition) is 3. The molecule has 0 aliphatic heterocycles. The molecule has 0 saturated heterocycles. The molecule has 2 aromatic rings.